The van der Waals surface area contributed by atoms with Gasteiger partial charge in [0.25, 0.3) is 0 Å². The number of methoxy groups -OCH3 is 1. The Balaban J connectivity index is 1.75. The fourth-order valence-corrected chi connectivity index (χ4v) is 2.92. The third kappa shape index (κ3) is 5.84. The lowest BCUT2D eigenvalue weighted by atomic mass is 10.0. The molecule has 0 unspecified atom stereocenters. The highest BCUT2D eigenvalue weighted by Gasteiger charge is 2.08. The second-order valence-corrected chi connectivity index (χ2v) is 6.36. The molecular weight excluding hydrogens is 366 g/mol. The van der Waals surface area contributed by atoms with Crippen molar-refractivity contribution in [3.8, 4) is 11.5 Å². The van der Waals surface area contributed by atoms with Crippen LogP contribution in [0.4, 0.5) is 4.79 Å². The molecule has 148 valence electrons. The van der Waals surface area contributed by atoms with Gasteiger partial charge in [-0.05, 0) is 41.0 Å². The molecule has 0 fully saturated rings. The minimum atomic E-state index is -0.714. The summed E-state index contributed by atoms with van der Waals surface area (Å²) in [5.41, 5.74) is 11.2. The molecule has 3 rings (SSSR count). The first kappa shape index (κ1) is 19.9. The topological polar surface area (TPSA) is 85.9 Å². The number of ether oxygens (including phenoxy) is 2. The minimum absolute atomic E-state index is 0.333. The maximum atomic E-state index is 10.7. The monoisotopic (exact) mass is 389 g/mol. The van der Waals surface area contributed by atoms with Gasteiger partial charge in [0.05, 0.1) is 13.3 Å². The molecule has 0 aliphatic heterocycles. The molecule has 0 aromatic heterocycles. The predicted octanol–water partition coefficient (Wildman–Crippen LogP) is 3.87. The van der Waals surface area contributed by atoms with Crippen molar-refractivity contribution in [2.45, 2.75) is 13.0 Å². The Kier molecular flexibility index (Phi) is 6.84. The van der Waals surface area contributed by atoms with Crippen molar-refractivity contribution < 1.29 is 14.3 Å². The van der Waals surface area contributed by atoms with Gasteiger partial charge in [0, 0.05) is 12.0 Å². The number of benzene rings is 3. The van der Waals surface area contributed by atoms with E-state index in [9.17, 15) is 4.79 Å². The van der Waals surface area contributed by atoms with Crippen LogP contribution in [0.5, 0.6) is 11.5 Å². The zero-order valence-electron chi connectivity index (χ0n) is 16.2. The van der Waals surface area contributed by atoms with Gasteiger partial charge in [-0.3, -0.25) is 0 Å². The van der Waals surface area contributed by atoms with E-state index in [1.807, 2.05) is 54.6 Å². The van der Waals surface area contributed by atoms with E-state index in [4.69, 9.17) is 15.2 Å². The second-order valence-electron chi connectivity index (χ2n) is 6.36. The lowest BCUT2D eigenvalue weighted by molar-refractivity contribution is 0.249. The maximum Gasteiger partial charge on any atom is 0.332 e. The van der Waals surface area contributed by atoms with Crippen LogP contribution in [0.2, 0.25) is 0 Å². The number of amides is 2. The summed E-state index contributed by atoms with van der Waals surface area (Å²) in [4.78, 5) is 10.7. The Morgan fingerprint density at radius 1 is 1.00 bits per heavy atom. The zero-order chi connectivity index (χ0) is 20.5. The highest BCUT2D eigenvalue weighted by molar-refractivity contribution is 5.82. The molecule has 6 nitrogen and oxygen atoms in total. The second kappa shape index (κ2) is 9.94. The normalized spacial score (nSPS) is 10.7. The zero-order valence-corrected chi connectivity index (χ0v) is 16.2. The Bertz CT molecular complexity index is 988. The van der Waals surface area contributed by atoms with E-state index >= 15 is 0 Å². The van der Waals surface area contributed by atoms with Crippen LogP contribution in [-0.4, -0.2) is 19.4 Å². The number of para-hydroxylation sites is 1. The summed E-state index contributed by atoms with van der Waals surface area (Å²) >= 11 is 0. The number of hydrazone groups is 1. The van der Waals surface area contributed by atoms with Gasteiger partial charge in [-0.15, -0.1) is 0 Å². The molecule has 3 N–H and O–H groups in total. The van der Waals surface area contributed by atoms with Gasteiger partial charge in [0.15, 0.2) is 0 Å². The van der Waals surface area contributed by atoms with E-state index in [0.717, 1.165) is 28.9 Å². The highest BCUT2D eigenvalue weighted by Crippen LogP contribution is 2.25. The molecular formula is C23H23N3O3. The first-order chi connectivity index (χ1) is 14.2. The summed E-state index contributed by atoms with van der Waals surface area (Å²) in [7, 11) is 1.62. The fourth-order valence-electron chi connectivity index (χ4n) is 2.92. The Morgan fingerprint density at radius 3 is 2.52 bits per heavy atom. The van der Waals surface area contributed by atoms with Crippen LogP contribution >= 0.6 is 0 Å². The van der Waals surface area contributed by atoms with Gasteiger partial charge >= 0.3 is 6.03 Å². The summed E-state index contributed by atoms with van der Waals surface area (Å²) in [6.45, 7) is 0.333. The quantitative estimate of drug-likeness (QED) is 0.453. The van der Waals surface area contributed by atoms with Gasteiger partial charge in [-0.2, -0.15) is 5.10 Å². The standard InChI is InChI=1S/C23H23N3O3/c1-28-21-12-11-18(15-25-26-23(24)27)14-20(21)16-29-22-10-6-5-9-19(22)13-17-7-3-2-4-8-17/h2-12,14-15H,13,16H2,1H3,(H3,24,26,27). The fraction of sp³-hybridized carbons (Fsp3) is 0.130. The van der Waals surface area contributed by atoms with E-state index in [0.29, 0.717) is 12.4 Å². The van der Waals surface area contributed by atoms with Crippen molar-refractivity contribution in [3.05, 3.63) is 95.1 Å². The molecule has 3 aromatic carbocycles. The van der Waals surface area contributed by atoms with Gasteiger partial charge < -0.3 is 15.2 Å². The number of carbonyl (C=O) groups is 1. The molecule has 29 heavy (non-hydrogen) atoms. The average Bonchev–Trinajstić information content (AvgIpc) is 2.74. The molecule has 0 aliphatic rings. The van der Waals surface area contributed by atoms with Crippen LogP contribution in [0.25, 0.3) is 0 Å². The predicted molar refractivity (Wildman–Crippen MR) is 113 cm³/mol. The van der Waals surface area contributed by atoms with E-state index < -0.39 is 6.03 Å². The number of urea groups is 1. The smallest absolute Gasteiger partial charge is 0.332 e. The van der Waals surface area contributed by atoms with Gasteiger partial charge in [0.1, 0.15) is 18.1 Å². The summed E-state index contributed by atoms with van der Waals surface area (Å²) in [6, 6.07) is 23.1. The number of rotatable bonds is 8. The third-order valence-corrected chi connectivity index (χ3v) is 4.29. The largest absolute Gasteiger partial charge is 0.496 e. The first-order valence-corrected chi connectivity index (χ1v) is 9.16. The number of nitrogens with one attached hydrogen (secondary N) is 1. The Labute approximate surface area is 170 Å². The lowest BCUT2D eigenvalue weighted by Crippen LogP contribution is -2.24. The number of carbonyl (C=O) groups excluding carboxylic acids is 1. The third-order valence-electron chi connectivity index (χ3n) is 4.29. The van der Waals surface area contributed by atoms with Crippen LogP contribution in [0.15, 0.2) is 77.9 Å². The van der Waals surface area contributed by atoms with Crippen LogP contribution in [0, 0.1) is 0 Å². The number of nitrogens with zero attached hydrogens (tertiary/aromatic N) is 1. The van der Waals surface area contributed by atoms with Crippen LogP contribution in [0.1, 0.15) is 22.3 Å². The molecule has 0 radical (unpaired) electrons. The molecule has 0 heterocycles. The van der Waals surface area contributed by atoms with Crippen molar-refractivity contribution in [2.24, 2.45) is 10.8 Å². The van der Waals surface area contributed by atoms with E-state index in [1.165, 1.54) is 11.8 Å². The van der Waals surface area contributed by atoms with Gasteiger partial charge in [0.2, 0.25) is 0 Å². The number of hydrogen-bond donors (Lipinski definition) is 2. The molecule has 0 saturated carbocycles. The lowest BCUT2D eigenvalue weighted by Gasteiger charge is -2.14. The van der Waals surface area contributed by atoms with E-state index in [2.05, 4.69) is 28.7 Å². The Morgan fingerprint density at radius 2 is 1.76 bits per heavy atom. The minimum Gasteiger partial charge on any atom is -0.496 e. The van der Waals surface area contributed by atoms with Crippen LogP contribution < -0.4 is 20.6 Å². The number of nitrogens with two attached hydrogens (primary N) is 1. The van der Waals surface area contributed by atoms with Crippen molar-refractivity contribution in [2.75, 3.05) is 7.11 Å². The molecule has 6 heteroatoms. The van der Waals surface area contributed by atoms with E-state index in [-0.39, 0.29) is 0 Å². The molecule has 0 aliphatic carbocycles. The number of hydrogen-bond acceptors (Lipinski definition) is 4. The summed E-state index contributed by atoms with van der Waals surface area (Å²) < 4.78 is 11.6. The van der Waals surface area contributed by atoms with E-state index in [1.54, 1.807) is 7.11 Å². The SMILES string of the molecule is COc1ccc(C=NNC(N)=O)cc1COc1ccccc1Cc1ccccc1. The van der Waals surface area contributed by atoms with Gasteiger partial charge in [-0.1, -0.05) is 48.5 Å². The van der Waals surface area contributed by atoms with Gasteiger partial charge in [-0.25, -0.2) is 10.2 Å². The summed E-state index contributed by atoms with van der Waals surface area (Å²) in [5.74, 6) is 1.54. The summed E-state index contributed by atoms with van der Waals surface area (Å²) in [6.07, 6.45) is 2.30. The highest BCUT2D eigenvalue weighted by atomic mass is 16.5. The van der Waals surface area contributed by atoms with Crippen molar-refractivity contribution >= 4 is 12.2 Å². The number of primary amides is 1. The molecule has 0 spiro atoms. The van der Waals surface area contributed by atoms with Crippen LogP contribution in [-0.2, 0) is 13.0 Å². The van der Waals surface area contributed by atoms with Crippen molar-refractivity contribution in [3.63, 3.8) is 0 Å². The molecule has 0 bridgehead atoms. The molecule has 2 amide bonds. The molecule has 3 aromatic rings. The van der Waals surface area contributed by atoms with Crippen molar-refractivity contribution in [1.29, 1.82) is 0 Å². The average molecular weight is 389 g/mol. The summed E-state index contributed by atoms with van der Waals surface area (Å²) in [5, 5.41) is 3.79. The maximum absolute atomic E-state index is 10.7. The van der Waals surface area contributed by atoms with Crippen molar-refractivity contribution in [1.82, 2.24) is 5.43 Å². The molecule has 0 atom stereocenters. The molecule has 0 saturated heterocycles. The Hall–Kier alpha value is -3.80. The first-order valence-electron chi connectivity index (χ1n) is 9.16. The van der Waals surface area contributed by atoms with Crippen LogP contribution in [0.3, 0.4) is 0 Å².